The van der Waals surface area contributed by atoms with Crippen LogP contribution in [-0.4, -0.2) is 28.3 Å². The number of ether oxygens (including phenoxy) is 2. The lowest BCUT2D eigenvalue weighted by Crippen LogP contribution is -2.07. The number of pyridine rings is 2. The highest BCUT2D eigenvalue weighted by Crippen LogP contribution is 2.31. The van der Waals surface area contributed by atoms with Crippen molar-refractivity contribution in [3.63, 3.8) is 0 Å². The molecule has 0 radical (unpaired) electrons. The summed E-state index contributed by atoms with van der Waals surface area (Å²) in [7, 11) is 1.71. The quantitative estimate of drug-likeness (QED) is 0.701. The summed E-state index contributed by atoms with van der Waals surface area (Å²) >= 11 is 0. The number of hydrogen-bond donors (Lipinski definition) is 0. The lowest BCUT2D eigenvalue weighted by Gasteiger charge is -2.12. The molecule has 0 saturated carbocycles. The van der Waals surface area contributed by atoms with Crippen molar-refractivity contribution in [2.45, 2.75) is 27.0 Å². The van der Waals surface area contributed by atoms with Gasteiger partial charge in [0.2, 0.25) is 0 Å². The molecule has 0 N–H and O–H groups in total. The average molecular weight is 311 g/mol. The molecule has 0 spiro atoms. The summed E-state index contributed by atoms with van der Waals surface area (Å²) in [6.45, 7) is 6.12. The van der Waals surface area contributed by atoms with Crippen LogP contribution in [0.2, 0.25) is 0 Å². The molecular formula is C18H21N3O2. The van der Waals surface area contributed by atoms with Crippen LogP contribution >= 0.6 is 0 Å². The van der Waals surface area contributed by atoms with Gasteiger partial charge in [-0.1, -0.05) is 6.07 Å². The minimum absolute atomic E-state index is 0.487. The number of hydrogen-bond acceptors (Lipinski definition) is 4. The van der Waals surface area contributed by atoms with E-state index in [4.69, 9.17) is 9.47 Å². The Morgan fingerprint density at radius 1 is 1.17 bits per heavy atom. The normalized spacial score (nSPS) is 11.1. The van der Waals surface area contributed by atoms with Gasteiger partial charge in [0.15, 0.2) is 0 Å². The van der Waals surface area contributed by atoms with Crippen LogP contribution in [0.3, 0.4) is 0 Å². The van der Waals surface area contributed by atoms with Gasteiger partial charge in [-0.05, 0) is 25.5 Å². The van der Waals surface area contributed by atoms with E-state index in [1.54, 1.807) is 19.5 Å². The number of fused-ring (bicyclic) bond motifs is 1. The van der Waals surface area contributed by atoms with E-state index in [1.807, 2.05) is 24.4 Å². The topological polar surface area (TPSA) is 49.2 Å². The Bertz CT molecular complexity index is 797. The molecular weight excluding hydrogens is 290 g/mol. The van der Waals surface area contributed by atoms with Crippen LogP contribution in [-0.2, 0) is 17.9 Å². The van der Waals surface area contributed by atoms with E-state index < -0.39 is 0 Å². The molecule has 0 fully saturated rings. The van der Waals surface area contributed by atoms with Crippen molar-refractivity contribution in [2.75, 3.05) is 13.7 Å². The monoisotopic (exact) mass is 311 g/mol. The van der Waals surface area contributed by atoms with Crippen molar-refractivity contribution >= 4 is 11.0 Å². The molecule has 5 heteroatoms. The Labute approximate surface area is 135 Å². The smallest absolute Gasteiger partial charge is 0.147 e. The highest BCUT2D eigenvalue weighted by Gasteiger charge is 2.16. The first-order valence-corrected chi connectivity index (χ1v) is 7.67. The Hall–Kier alpha value is -2.40. The first kappa shape index (κ1) is 15.5. The number of rotatable bonds is 6. The third kappa shape index (κ3) is 3.05. The molecule has 0 aliphatic heterocycles. The van der Waals surface area contributed by atoms with E-state index in [0.29, 0.717) is 13.2 Å². The average Bonchev–Trinajstić information content (AvgIpc) is 2.84. The second-order valence-electron chi connectivity index (χ2n) is 5.51. The minimum Gasteiger partial charge on any atom is -0.487 e. The highest BCUT2D eigenvalue weighted by atomic mass is 16.5. The first-order chi connectivity index (χ1) is 11.2. The van der Waals surface area contributed by atoms with Crippen molar-refractivity contribution in [1.82, 2.24) is 14.5 Å². The van der Waals surface area contributed by atoms with Crippen LogP contribution < -0.4 is 4.74 Å². The molecule has 0 unspecified atom stereocenters. The third-order valence-electron chi connectivity index (χ3n) is 4.10. The SMILES string of the molecule is COCCn1c(C)c(C)c2nccc(OCc3cccnc3)c21. The summed E-state index contributed by atoms with van der Waals surface area (Å²) in [6.07, 6.45) is 5.38. The summed E-state index contributed by atoms with van der Waals surface area (Å²) in [6, 6.07) is 5.84. The van der Waals surface area contributed by atoms with Gasteiger partial charge < -0.3 is 14.0 Å². The van der Waals surface area contributed by atoms with Crippen LogP contribution in [0.5, 0.6) is 5.75 Å². The van der Waals surface area contributed by atoms with Crippen LogP contribution in [0.25, 0.3) is 11.0 Å². The molecule has 0 bridgehead atoms. The maximum absolute atomic E-state index is 6.05. The summed E-state index contributed by atoms with van der Waals surface area (Å²) < 4.78 is 13.5. The van der Waals surface area contributed by atoms with Gasteiger partial charge in [0.1, 0.15) is 17.9 Å². The molecule has 3 aromatic heterocycles. The second-order valence-corrected chi connectivity index (χ2v) is 5.51. The van der Waals surface area contributed by atoms with Gasteiger partial charge in [-0.3, -0.25) is 9.97 Å². The van der Waals surface area contributed by atoms with Crippen LogP contribution in [0.15, 0.2) is 36.8 Å². The van der Waals surface area contributed by atoms with E-state index in [0.717, 1.165) is 28.9 Å². The van der Waals surface area contributed by atoms with E-state index in [-0.39, 0.29) is 0 Å². The molecule has 23 heavy (non-hydrogen) atoms. The molecule has 3 aromatic rings. The van der Waals surface area contributed by atoms with Gasteiger partial charge >= 0.3 is 0 Å². The Balaban J connectivity index is 1.97. The Kier molecular flexibility index (Phi) is 4.57. The van der Waals surface area contributed by atoms with E-state index in [9.17, 15) is 0 Å². The zero-order valence-electron chi connectivity index (χ0n) is 13.7. The zero-order chi connectivity index (χ0) is 16.2. The Morgan fingerprint density at radius 3 is 2.78 bits per heavy atom. The van der Waals surface area contributed by atoms with Gasteiger partial charge in [0.25, 0.3) is 0 Å². The van der Waals surface area contributed by atoms with Crippen molar-refractivity contribution < 1.29 is 9.47 Å². The first-order valence-electron chi connectivity index (χ1n) is 7.67. The number of nitrogens with zero attached hydrogens (tertiary/aromatic N) is 3. The van der Waals surface area contributed by atoms with Gasteiger partial charge in [-0.15, -0.1) is 0 Å². The van der Waals surface area contributed by atoms with E-state index in [1.165, 1.54) is 11.3 Å². The van der Waals surface area contributed by atoms with Crippen molar-refractivity contribution in [3.8, 4) is 5.75 Å². The fourth-order valence-electron chi connectivity index (χ4n) is 2.74. The minimum atomic E-state index is 0.487. The second kappa shape index (κ2) is 6.79. The predicted molar refractivity (Wildman–Crippen MR) is 89.7 cm³/mol. The van der Waals surface area contributed by atoms with Crippen molar-refractivity contribution in [1.29, 1.82) is 0 Å². The van der Waals surface area contributed by atoms with Crippen LogP contribution in [0.4, 0.5) is 0 Å². The lowest BCUT2D eigenvalue weighted by molar-refractivity contribution is 0.187. The maximum atomic E-state index is 6.05. The molecule has 0 aromatic carbocycles. The van der Waals surface area contributed by atoms with Crippen molar-refractivity contribution in [3.05, 3.63) is 53.6 Å². The fourth-order valence-corrected chi connectivity index (χ4v) is 2.74. The molecule has 3 rings (SSSR count). The van der Waals surface area contributed by atoms with Gasteiger partial charge in [0, 0.05) is 49.6 Å². The predicted octanol–water partition coefficient (Wildman–Crippen LogP) is 3.27. The van der Waals surface area contributed by atoms with E-state index >= 15 is 0 Å². The summed E-state index contributed by atoms with van der Waals surface area (Å²) in [5.41, 5.74) is 5.44. The Morgan fingerprint density at radius 2 is 2.04 bits per heavy atom. The highest BCUT2D eigenvalue weighted by molar-refractivity contribution is 5.86. The molecule has 5 nitrogen and oxygen atoms in total. The molecule has 0 saturated heterocycles. The summed E-state index contributed by atoms with van der Waals surface area (Å²) in [5.74, 6) is 0.839. The van der Waals surface area contributed by atoms with E-state index in [2.05, 4.69) is 28.4 Å². The van der Waals surface area contributed by atoms with Crippen molar-refractivity contribution in [2.24, 2.45) is 0 Å². The molecule has 0 amide bonds. The third-order valence-corrected chi connectivity index (χ3v) is 4.10. The number of methoxy groups -OCH3 is 1. The molecule has 120 valence electrons. The lowest BCUT2D eigenvalue weighted by atomic mass is 10.2. The number of aryl methyl sites for hydroxylation is 1. The molecule has 0 aliphatic rings. The van der Waals surface area contributed by atoms with Gasteiger partial charge in [-0.25, -0.2) is 0 Å². The molecule has 0 atom stereocenters. The van der Waals surface area contributed by atoms with Gasteiger partial charge in [-0.2, -0.15) is 0 Å². The largest absolute Gasteiger partial charge is 0.487 e. The van der Waals surface area contributed by atoms with Crippen LogP contribution in [0, 0.1) is 13.8 Å². The molecule has 0 aliphatic carbocycles. The zero-order valence-corrected chi connectivity index (χ0v) is 13.7. The number of aromatic nitrogens is 3. The fraction of sp³-hybridized carbons (Fsp3) is 0.333. The summed E-state index contributed by atoms with van der Waals surface area (Å²) in [5, 5.41) is 0. The summed E-state index contributed by atoms with van der Waals surface area (Å²) in [4.78, 5) is 8.65. The maximum Gasteiger partial charge on any atom is 0.147 e. The molecule has 3 heterocycles. The van der Waals surface area contributed by atoms with Crippen LogP contribution in [0.1, 0.15) is 16.8 Å². The van der Waals surface area contributed by atoms with Gasteiger partial charge in [0.05, 0.1) is 12.1 Å². The standard InChI is InChI=1S/C18H21N3O2/c1-13-14(2)21(9-10-22-3)18-16(6-8-20-17(13)18)23-12-15-5-4-7-19-11-15/h4-8,11H,9-10,12H2,1-3H3.